The Kier molecular flexibility index (Phi) is 3.95. The summed E-state index contributed by atoms with van der Waals surface area (Å²) in [7, 11) is 0. The van der Waals surface area contributed by atoms with Gasteiger partial charge in [-0.1, -0.05) is 12.1 Å². The van der Waals surface area contributed by atoms with Crippen molar-refractivity contribution in [1.82, 2.24) is 24.8 Å². The number of benzene rings is 1. The zero-order valence-corrected chi connectivity index (χ0v) is 11.9. The zero-order valence-electron chi connectivity index (χ0n) is 11.9. The summed E-state index contributed by atoms with van der Waals surface area (Å²) >= 11 is 0. The maximum Gasteiger partial charge on any atom is 0.273 e. The number of hydrogen-bond acceptors (Lipinski definition) is 5. The van der Waals surface area contributed by atoms with E-state index >= 15 is 0 Å². The number of imidazole rings is 1. The van der Waals surface area contributed by atoms with E-state index in [-0.39, 0.29) is 17.4 Å². The van der Waals surface area contributed by atoms with Crippen LogP contribution in [0.3, 0.4) is 0 Å². The summed E-state index contributed by atoms with van der Waals surface area (Å²) in [6.45, 7) is 1.30. The number of aromatic nitrogens is 4. The quantitative estimate of drug-likeness (QED) is 0.690. The van der Waals surface area contributed by atoms with Crippen molar-refractivity contribution in [3.05, 3.63) is 48.7 Å². The molecule has 0 atom stereocenters. The highest BCUT2D eigenvalue weighted by molar-refractivity contribution is 5.96. The highest BCUT2D eigenvalue weighted by Gasteiger charge is 2.10. The highest BCUT2D eigenvalue weighted by atomic mass is 16.1. The number of fused-ring (bicyclic) bond motifs is 1. The van der Waals surface area contributed by atoms with Gasteiger partial charge in [0.1, 0.15) is 0 Å². The fourth-order valence-corrected chi connectivity index (χ4v) is 2.25. The lowest BCUT2D eigenvalue weighted by Gasteiger charge is -2.07. The molecule has 7 nitrogen and oxygen atoms in total. The van der Waals surface area contributed by atoms with Gasteiger partial charge in [-0.15, -0.1) is 0 Å². The summed E-state index contributed by atoms with van der Waals surface area (Å²) in [6, 6.07) is 7.95. The molecular weight excluding hydrogens is 280 g/mol. The van der Waals surface area contributed by atoms with Gasteiger partial charge in [-0.2, -0.15) is 0 Å². The van der Waals surface area contributed by atoms with Crippen LogP contribution in [0.2, 0.25) is 0 Å². The molecule has 112 valence electrons. The summed E-state index contributed by atoms with van der Waals surface area (Å²) < 4.78 is 2.07. The summed E-state index contributed by atoms with van der Waals surface area (Å²) in [5, 5.41) is 2.80. The first kappa shape index (κ1) is 14.0. The number of hydrogen-bond donors (Lipinski definition) is 2. The second-order valence-corrected chi connectivity index (χ2v) is 4.83. The molecule has 0 radical (unpaired) electrons. The maximum atomic E-state index is 11.9. The number of amides is 1. The molecule has 0 saturated heterocycles. The van der Waals surface area contributed by atoms with Gasteiger partial charge < -0.3 is 15.6 Å². The maximum absolute atomic E-state index is 11.9. The third kappa shape index (κ3) is 2.88. The van der Waals surface area contributed by atoms with E-state index in [1.165, 1.54) is 12.4 Å². The SMILES string of the molecule is Nc1nccnc1C(=O)NCCCn1cnc2ccccc21. The Balaban J connectivity index is 1.54. The van der Waals surface area contributed by atoms with E-state index < -0.39 is 0 Å². The number of nitrogens with zero attached hydrogens (tertiary/aromatic N) is 4. The van der Waals surface area contributed by atoms with Crippen molar-refractivity contribution in [2.24, 2.45) is 0 Å². The van der Waals surface area contributed by atoms with Crippen LogP contribution < -0.4 is 11.1 Å². The number of anilines is 1. The number of nitrogen functional groups attached to an aromatic ring is 1. The lowest BCUT2D eigenvalue weighted by molar-refractivity contribution is 0.0948. The minimum absolute atomic E-state index is 0.139. The molecule has 0 spiro atoms. The molecule has 1 amide bonds. The summed E-state index contributed by atoms with van der Waals surface area (Å²) in [6.07, 6.45) is 5.50. The van der Waals surface area contributed by atoms with Crippen LogP contribution in [0.4, 0.5) is 5.82 Å². The van der Waals surface area contributed by atoms with E-state index in [9.17, 15) is 4.79 Å². The number of nitrogens with one attached hydrogen (secondary N) is 1. The Labute approximate surface area is 127 Å². The summed E-state index contributed by atoms with van der Waals surface area (Å²) in [5.41, 5.74) is 7.84. The van der Waals surface area contributed by atoms with Crippen LogP contribution >= 0.6 is 0 Å². The van der Waals surface area contributed by atoms with Crippen LogP contribution in [-0.2, 0) is 6.54 Å². The van der Waals surface area contributed by atoms with Gasteiger partial charge in [0, 0.05) is 25.5 Å². The molecule has 3 rings (SSSR count). The molecule has 2 aromatic heterocycles. The van der Waals surface area contributed by atoms with Crippen LogP contribution in [-0.4, -0.2) is 32.0 Å². The van der Waals surface area contributed by atoms with E-state index in [4.69, 9.17) is 5.73 Å². The average molecular weight is 296 g/mol. The van der Waals surface area contributed by atoms with Crippen LogP contribution in [0.25, 0.3) is 11.0 Å². The fourth-order valence-electron chi connectivity index (χ4n) is 2.25. The van der Waals surface area contributed by atoms with Gasteiger partial charge in [0.15, 0.2) is 11.5 Å². The normalized spacial score (nSPS) is 10.7. The Morgan fingerprint density at radius 1 is 1.18 bits per heavy atom. The first-order valence-corrected chi connectivity index (χ1v) is 7.00. The second kappa shape index (κ2) is 6.21. The standard InChI is InChI=1S/C15H16N6O/c16-14-13(17-7-8-18-14)15(22)19-6-3-9-21-10-20-11-4-1-2-5-12(11)21/h1-2,4-5,7-8,10H,3,6,9H2,(H2,16,18)(H,19,22). The molecule has 0 saturated carbocycles. The number of aryl methyl sites for hydroxylation is 1. The third-order valence-electron chi connectivity index (χ3n) is 3.33. The molecule has 2 heterocycles. The van der Waals surface area contributed by atoms with Gasteiger partial charge in [0.25, 0.3) is 5.91 Å². The third-order valence-corrected chi connectivity index (χ3v) is 3.33. The van der Waals surface area contributed by atoms with Crippen LogP contribution in [0.5, 0.6) is 0 Å². The highest BCUT2D eigenvalue weighted by Crippen LogP contribution is 2.11. The van der Waals surface area contributed by atoms with Crippen molar-refractivity contribution in [2.45, 2.75) is 13.0 Å². The molecular formula is C15H16N6O. The summed E-state index contributed by atoms with van der Waals surface area (Å²) in [4.78, 5) is 24.0. The average Bonchev–Trinajstić information content (AvgIpc) is 2.95. The molecule has 0 aliphatic rings. The van der Waals surface area contributed by atoms with Gasteiger partial charge in [-0.05, 0) is 18.6 Å². The van der Waals surface area contributed by atoms with Crippen molar-refractivity contribution >= 4 is 22.8 Å². The van der Waals surface area contributed by atoms with Crippen LogP contribution in [0, 0.1) is 0 Å². The number of carbonyl (C=O) groups is 1. The number of rotatable bonds is 5. The van der Waals surface area contributed by atoms with Crippen molar-refractivity contribution in [3.63, 3.8) is 0 Å². The molecule has 3 aromatic rings. The largest absolute Gasteiger partial charge is 0.382 e. The first-order chi connectivity index (χ1) is 10.8. The molecule has 0 bridgehead atoms. The van der Waals surface area contributed by atoms with Crippen molar-refractivity contribution < 1.29 is 4.79 Å². The van der Waals surface area contributed by atoms with Crippen LogP contribution in [0.1, 0.15) is 16.9 Å². The Morgan fingerprint density at radius 2 is 2.00 bits per heavy atom. The Morgan fingerprint density at radius 3 is 2.86 bits per heavy atom. The topological polar surface area (TPSA) is 98.7 Å². The molecule has 0 unspecified atom stereocenters. The number of para-hydroxylation sites is 2. The van der Waals surface area contributed by atoms with Gasteiger partial charge in [-0.3, -0.25) is 4.79 Å². The molecule has 22 heavy (non-hydrogen) atoms. The van der Waals surface area contributed by atoms with Crippen molar-refractivity contribution in [2.75, 3.05) is 12.3 Å². The minimum Gasteiger partial charge on any atom is -0.382 e. The van der Waals surface area contributed by atoms with Crippen LogP contribution in [0.15, 0.2) is 43.0 Å². The van der Waals surface area contributed by atoms with E-state index in [0.29, 0.717) is 6.54 Å². The van der Waals surface area contributed by atoms with Gasteiger partial charge in [-0.25, -0.2) is 15.0 Å². The predicted molar refractivity (Wildman–Crippen MR) is 83.1 cm³/mol. The molecule has 7 heteroatoms. The molecule has 0 aliphatic carbocycles. The predicted octanol–water partition coefficient (Wildman–Crippen LogP) is 1.23. The van der Waals surface area contributed by atoms with E-state index in [0.717, 1.165) is 24.0 Å². The Hall–Kier alpha value is -2.96. The Bertz CT molecular complexity index is 797. The van der Waals surface area contributed by atoms with Gasteiger partial charge in [0.2, 0.25) is 0 Å². The molecule has 3 N–H and O–H groups in total. The van der Waals surface area contributed by atoms with Gasteiger partial charge in [0.05, 0.1) is 17.4 Å². The molecule has 0 fully saturated rings. The minimum atomic E-state index is -0.305. The van der Waals surface area contributed by atoms with E-state index in [1.807, 2.05) is 30.6 Å². The second-order valence-electron chi connectivity index (χ2n) is 4.83. The number of carbonyl (C=O) groups excluding carboxylic acids is 1. The van der Waals surface area contributed by atoms with Crippen molar-refractivity contribution in [1.29, 1.82) is 0 Å². The lowest BCUT2D eigenvalue weighted by Crippen LogP contribution is -2.27. The van der Waals surface area contributed by atoms with Gasteiger partial charge >= 0.3 is 0 Å². The fraction of sp³-hybridized carbons (Fsp3) is 0.200. The number of nitrogens with two attached hydrogens (primary N) is 1. The first-order valence-electron chi connectivity index (χ1n) is 7.00. The molecule has 0 aliphatic heterocycles. The monoisotopic (exact) mass is 296 g/mol. The smallest absolute Gasteiger partial charge is 0.273 e. The van der Waals surface area contributed by atoms with E-state index in [2.05, 4.69) is 24.8 Å². The lowest BCUT2D eigenvalue weighted by atomic mass is 10.3. The molecule has 1 aromatic carbocycles. The zero-order chi connectivity index (χ0) is 15.4. The summed E-state index contributed by atoms with van der Waals surface area (Å²) in [5.74, 6) is -0.165. The van der Waals surface area contributed by atoms with Crippen molar-refractivity contribution in [3.8, 4) is 0 Å². The van der Waals surface area contributed by atoms with E-state index in [1.54, 1.807) is 0 Å².